The highest BCUT2D eigenvalue weighted by molar-refractivity contribution is 7.99. The second kappa shape index (κ2) is 9.50. The molecule has 0 bridgehead atoms. The Morgan fingerprint density at radius 3 is 2.58 bits per heavy atom. The fourth-order valence-corrected chi connectivity index (χ4v) is 4.67. The molecule has 1 heterocycles. The van der Waals surface area contributed by atoms with E-state index in [9.17, 15) is 18.0 Å². The van der Waals surface area contributed by atoms with Gasteiger partial charge in [-0.05, 0) is 58.3 Å². The van der Waals surface area contributed by atoms with E-state index in [1.54, 1.807) is 6.92 Å². The molecule has 0 spiro atoms. The van der Waals surface area contributed by atoms with Crippen LogP contribution in [0.2, 0.25) is 0 Å². The minimum Gasteiger partial charge on any atom is -0.338 e. The standard InChI is InChI=1S/C22H27F3N4OS/c1-14(26)11-20(30)27-16-12-15(22(23,24)25)13-19-21(16)29(10-6-9-28(2)3)17-7-4-5-8-18(17)31-19/h4-5,7-8,12-14H,6,9-11,26H2,1-3H3,(H,27,30). The van der Waals surface area contributed by atoms with Gasteiger partial charge in [0.05, 0.1) is 22.6 Å². The first-order valence-electron chi connectivity index (χ1n) is 10.1. The highest BCUT2D eigenvalue weighted by Crippen LogP contribution is 2.52. The second-order valence-electron chi connectivity index (χ2n) is 7.98. The van der Waals surface area contributed by atoms with Gasteiger partial charge in [0, 0.05) is 28.8 Å². The Morgan fingerprint density at radius 1 is 1.23 bits per heavy atom. The van der Waals surface area contributed by atoms with Crippen molar-refractivity contribution >= 4 is 34.7 Å². The van der Waals surface area contributed by atoms with Crippen molar-refractivity contribution < 1.29 is 18.0 Å². The van der Waals surface area contributed by atoms with Crippen molar-refractivity contribution in [2.45, 2.75) is 41.8 Å². The van der Waals surface area contributed by atoms with Gasteiger partial charge in [-0.2, -0.15) is 13.2 Å². The summed E-state index contributed by atoms with van der Waals surface area (Å²) in [6, 6.07) is 9.41. The number of carbonyl (C=O) groups excluding carboxylic acids is 1. The van der Waals surface area contributed by atoms with Gasteiger partial charge < -0.3 is 20.9 Å². The highest BCUT2D eigenvalue weighted by Gasteiger charge is 2.35. The number of amides is 1. The summed E-state index contributed by atoms with van der Waals surface area (Å²) < 4.78 is 40.8. The molecule has 2 aromatic carbocycles. The van der Waals surface area contributed by atoms with Crippen LogP contribution in [0, 0.1) is 0 Å². The molecule has 2 aromatic rings. The lowest BCUT2D eigenvalue weighted by atomic mass is 10.1. The van der Waals surface area contributed by atoms with Crippen molar-refractivity contribution in [3.05, 3.63) is 42.0 Å². The zero-order valence-electron chi connectivity index (χ0n) is 17.8. The predicted octanol–water partition coefficient (Wildman–Crippen LogP) is 4.94. The summed E-state index contributed by atoms with van der Waals surface area (Å²) in [5, 5.41) is 2.69. The maximum Gasteiger partial charge on any atom is 0.416 e. The Kier molecular flexibility index (Phi) is 7.18. The van der Waals surface area contributed by atoms with E-state index in [2.05, 4.69) is 10.2 Å². The van der Waals surface area contributed by atoms with E-state index in [4.69, 9.17) is 5.73 Å². The predicted molar refractivity (Wildman–Crippen MR) is 119 cm³/mol. The van der Waals surface area contributed by atoms with Crippen molar-refractivity contribution in [1.29, 1.82) is 0 Å². The summed E-state index contributed by atoms with van der Waals surface area (Å²) in [5.41, 5.74) is 6.58. The van der Waals surface area contributed by atoms with Crippen LogP contribution >= 0.6 is 11.8 Å². The van der Waals surface area contributed by atoms with Gasteiger partial charge in [0.25, 0.3) is 0 Å². The number of carbonyl (C=O) groups is 1. The molecule has 0 saturated carbocycles. The number of hydrogen-bond acceptors (Lipinski definition) is 5. The molecule has 31 heavy (non-hydrogen) atoms. The quantitative estimate of drug-likeness (QED) is 0.623. The van der Waals surface area contributed by atoms with Crippen molar-refractivity contribution in [2.75, 3.05) is 37.4 Å². The molecule has 9 heteroatoms. The SMILES string of the molecule is CC(N)CC(=O)Nc1cc(C(F)(F)F)cc2c1N(CCCN(C)C)c1ccccc1S2. The van der Waals surface area contributed by atoms with Crippen LogP contribution in [0.3, 0.4) is 0 Å². The molecule has 0 radical (unpaired) electrons. The highest BCUT2D eigenvalue weighted by atomic mass is 32.2. The van der Waals surface area contributed by atoms with Crippen LogP contribution < -0.4 is 16.0 Å². The molecule has 168 valence electrons. The summed E-state index contributed by atoms with van der Waals surface area (Å²) in [4.78, 5) is 17.8. The number of nitrogens with two attached hydrogens (primary N) is 1. The van der Waals surface area contributed by atoms with Gasteiger partial charge in [0.1, 0.15) is 0 Å². The Labute approximate surface area is 184 Å². The van der Waals surface area contributed by atoms with E-state index in [-0.39, 0.29) is 12.1 Å². The van der Waals surface area contributed by atoms with Crippen LogP contribution in [0.1, 0.15) is 25.3 Å². The third kappa shape index (κ3) is 5.72. The van der Waals surface area contributed by atoms with Gasteiger partial charge in [-0.15, -0.1) is 0 Å². The lowest BCUT2D eigenvalue weighted by Crippen LogP contribution is -2.28. The first-order chi connectivity index (χ1) is 14.6. The molecule has 1 aliphatic rings. The maximum atomic E-state index is 13.6. The van der Waals surface area contributed by atoms with Crippen LogP contribution in [0.4, 0.5) is 30.2 Å². The van der Waals surface area contributed by atoms with E-state index >= 15 is 0 Å². The normalized spacial score (nSPS) is 14.3. The number of halogens is 3. The molecule has 1 amide bonds. The molecule has 3 rings (SSSR count). The Bertz CT molecular complexity index is 947. The molecular weight excluding hydrogens is 425 g/mol. The van der Waals surface area contributed by atoms with E-state index in [1.807, 2.05) is 43.3 Å². The fourth-order valence-electron chi connectivity index (χ4n) is 3.50. The van der Waals surface area contributed by atoms with E-state index in [0.29, 0.717) is 17.1 Å². The lowest BCUT2D eigenvalue weighted by molar-refractivity contribution is -0.137. The fraction of sp³-hybridized carbons (Fsp3) is 0.409. The number of anilines is 3. The molecule has 0 fully saturated rings. The topological polar surface area (TPSA) is 61.6 Å². The third-order valence-electron chi connectivity index (χ3n) is 4.82. The Morgan fingerprint density at radius 2 is 1.94 bits per heavy atom. The van der Waals surface area contributed by atoms with Crippen LogP contribution in [-0.4, -0.2) is 44.0 Å². The van der Waals surface area contributed by atoms with E-state index < -0.39 is 23.7 Å². The summed E-state index contributed by atoms with van der Waals surface area (Å²) in [6.07, 6.45) is -3.70. The number of hydrogen-bond donors (Lipinski definition) is 2. The molecule has 3 N–H and O–H groups in total. The number of nitrogens with one attached hydrogen (secondary N) is 1. The van der Waals surface area contributed by atoms with Crippen molar-refractivity contribution in [2.24, 2.45) is 5.73 Å². The van der Waals surface area contributed by atoms with Crippen molar-refractivity contribution in [1.82, 2.24) is 4.90 Å². The number of nitrogens with zero attached hydrogens (tertiary/aromatic N) is 2. The van der Waals surface area contributed by atoms with Crippen LogP contribution in [0.5, 0.6) is 0 Å². The summed E-state index contributed by atoms with van der Waals surface area (Å²) in [7, 11) is 3.95. The molecule has 5 nitrogen and oxygen atoms in total. The molecule has 1 unspecified atom stereocenters. The number of benzene rings is 2. The maximum absolute atomic E-state index is 13.6. The van der Waals surface area contributed by atoms with Gasteiger partial charge in [-0.3, -0.25) is 4.79 Å². The van der Waals surface area contributed by atoms with Gasteiger partial charge in [-0.25, -0.2) is 0 Å². The Balaban J connectivity index is 2.10. The van der Waals surface area contributed by atoms with Crippen LogP contribution in [-0.2, 0) is 11.0 Å². The number of para-hydroxylation sites is 1. The molecule has 0 aliphatic carbocycles. The number of rotatable bonds is 7. The monoisotopic (exact) mass is 452 g/mol. The molecule has 0 saturated heterocycles. The first-order valence-corrected chi connectivity index (χ1v) is 10.9. The molecule has 0 aromatic heterocycles. The second-order valence-corrected chi connectivity index (χ2v) is 9.06. The summed E-state index contributed by atoms with van der Waals surface area (Å²) in [5.74, 6) is -0.409. The van der Waals surface area contributed by atoms with Crippen molar-refractivity contribution in [3.8, 4) is 0 Å². The zero-order chi connectivity index (χ0) is 22.8. The number of alkyl halides is 3. The van der Waals surface area contributed by atoms with Crippen LogP contribution in [0.15, 0.2) is 46.2 Å². The third-order valence-corrected chi connectivity index (χ3v) is 5.91. The van der Waals surface area contributed by atoms with Crippen LogP contribution in [0.25, 0.3) is 0 Å². The zero-order valence-corrected chi connectivity index (χ0v) is 18.6. The van der Waals surface area contributed by atoms with Gasteiger partial charge in [-0.1, -0.05) is 23.9 Å². The smallest absolute Gasteiger partial charge is 0.338 e. The van der Waals surface area contributed by atoms with Gasteiger partial charge in [0.15, 0.2) is 0 Å². The molecule has 1 atom stereocenters. The lowest BCUT2D eigenvalue weighted by Gasteiger charge is -2.35. The average Bonchev–Trinajstić information content (AvgIpc) is 2.65. The van der Waals surface area contributed by atoms with Gasteiger partial charge >= 0.3 is 6.18 Å². The minimum absolute atomic E-state index is 0.0232. The first kappa shape index (κ1) is 23.4. The molecular formula is C22H27F3N4OS. The Hall–Kier alpha value is -2.23. The summed E-state index contributed by atoms with van der Waals surface area (Å²) >= 11 is 1.28. The van der Waals surface area contributed by atoms with E-state index in [0.717, 1.165) is 35.7 Å². The van der Waals surface area contributed by atoms with Crippen molar-refractivity contribution in [3.63, 3.8) is 0 Å². The summed E-state index contributed by atoms with van der Waals surface area (Å²) in [6.45, 7) is 3.11. The molecule has 1 aliphatic heterocycles. The largest absolute Gasteiger partial charge is 0.416 e. The number of fused-ring (bicyclic) bond motifs is 2. The minimum atomic E-state index is -4.52. The van der Waals surface area contributed by atoms with E-state index in [1.165, 1.54) is 11.8 Å². The van der Waals surface area contributed by atoms with Gasteiger partial charge in [0.2, 0.25) is 5.91 Å². The average molecular weight is 453 g/mol.